The number of likely N-dealkylation sites (tertiary alicyclic amines) is 1. The highest BCUT2D eigenvalue weighted by Crippen LogP contribution is 2.25. The number of aliphatic hydroxyl groups is 1. The van der Waals surface area contributed by atoms with Crippen molar-refractivity contribution in [2.24, 2.45) is 0 Å². The van der Waals surface area contributed by atoms with E-state index in [0.29, 0.717) is 16.6 Å². The van der Waals surface area contributed by atoms with Crippen molar-refractivity contribution in [1.82, 2.24) is 9.80 Å². The van der Waals surface area contributed by atoms with Crippen LogP contribution in [-0.4, -0.2) is 64.6 Å². The zero-order valence-electron chi connectivity index (χ0n) is 14.3. The van der Waals surface area contributed by atoms with E-state index in [9.17, 15) is 9.59 Å². The van der Waals surface area contributed by atoms with Crippen molar-refractivity contribution < 1.29 is 19.8 Å². The quantitative estimate of drug-likeness (QED) is 0.827. The average Bonchev–Trinajstić information content (AvgIpc) is 2.63. The topological polar surface area (TPSA) is 81.1 Å². The van der Waals surface area contributed by atoms with Crippen molar-refractivity contribution in [1.29, 1.82) is 0 Å². The number of piperidine rings is 1. The molecular formula is C17H24Cl2N2O4. The molecule has 1 aromatic rings. The van der Waals surface area contributed by atoms with Crippen LogP contribution in [0.3, 0.4) is 0 Å². The molecule has 1 aliphatic heterocycles. The minimum absolute atomic E-state index is 0.0108. The summed E-state index contributed by atoms with van der Waals surface area (Å²) in [5, 5.41) is 18.4. The number of halogens is 2. The van der Waals surface area contributed by atoms with Crippen LogP contribution in [0.5, 0.6) is 5.75 Å². The number of carbonyl (C=O) groups is 2. The number of rotatable bonds is 4. The molecule has 1 heterocycles. The molecule has 1 aliphatic rings. The van der Waals surface area contributed by atoms with Crippen LogP contribution in [0.15, 0.2) is 18.2 Å². The first kappa shape index (κ1) is 21.5. The Labute approximate surface area is 157 Å². The van der Waals surface area contributed by atoms with Gasteiger partial charge in [0, 0.05) is 19.6 Å². The van der Waals surface area contributed by atoms with E-state index >= 15 is 0 Å². The molecule has 2 rings (SSSR count). The van der Waals surface area contributed by atoms with E-state index in [1.165, 1.54) is 23.5 Å². The highest BCUT2D eigenvalue weighted by atomic mass is 35.5. The maximum absolute atomic E-state index is 11.8. The summed E-state index contributed by atoms with van der Waals surface area (Å²) in [6.07, 6.45) is 3.27. The van der Waals surface area contributed by atoms with Gasteiger partial charge in [0.05, 0.1) is 16.6 Å². The molecule has 0 bridgehead atoms. The lowest BCUT2D eigenvalue weighted by molar-refractivity contribution is -0.142. The SMILES string of the molecule is CCN(CC(=O)N1CCCCC1)C(=O)CO.Oc1ccc(Cl)c(Cl)c1. The van der Waals surface area contributed by atoms with Crippen LogP contribution in [-0.2, 0) is 9.59 Å². The van der Waals surface area contributed by atoms with Gasteiger partial charge in [-0.1, -0.05) is 23.2 Å². The minimum Gasteiger partial charge on any atom is -0.508 e. The Hall–Kier alpha value is -1.50. The minimum atomic E-state index is -0.527. The molecule has 1 saturated heterocycles. The van der Waals surface area contributed by atoms with Gasteiger partial charge in [-0.05, 0) is 44.4 Å². The van der Waals surface area contributed by atoms with E-state index < -0.39 is 6.61 Å². The first-order valence-corrected chi connectivity index (χ1v) is 8.95. The highest BCUT2D eigenvalue weighted by Gasteiger charge is 2.20. The Morgan fingerprint density at radius 3 is 2.28 bits per heavy atom. The Morgan fingerprint density at radius 1 is 1.16 bits per heavy atom. The second-order valence-electron chi connectivity index (χ2n) is 5.61. The number of carbonyl (C=O) groups excluding carboxylic acids is 2. The van der Waals surface area contributed by atoms with E-state index in [1.807, 2.05) is 0 Å². The zero-order valence-corrected chi connectivity index (χ0v) is 15.8. The number of nitrogens with zero attached hydrogens (tertiary/aromatic N) is 2. The summed E-state index contributed by atoms with van der Waals surface area (Å²) < 4.78 is 0. The summed E-state index contributed by atoms with van der Waals surface area (Å²) in [7, 11) is 0. The first-order chi connectivity index (χ1) is 11.9. The van der Waals surface area contributed by atoms with Gasteiger partial charge in [-0.15, -0.1) is 0 Å². The number of amides is 2. The Bertz CT molecular complexity index is 578. The monoisotopic (exact) mass is 390 g/mol. The van der Waals surface area contributed by atoms with Gasteiger partial charge < -0.3 is 20.0 Å². The number of hydrogen-bond acceptors (Lipinski definition) is 4. The van der Waals surface area contributed by atoms with Gasteiger partial charge in [0.2, 0.25) is 11.8 Å². The molecule has 25 heavy (non-hydrogen) atoms. The molecule has 0 aromatic heterocycles. The van der Waals surface area contributed by atoms with Crippen LogP contribution < -0.4 is 0 Å². The number of phenolic OH excluding ortho intramolecular Hbond substituents is 1. The molecule has 0 saturated carbocycles. The standard InChI is InChI=1S/C11H20N2O3.C6H4Cl2O/c1-2-12(11(16)9-14)8-10(15)13-6-4-3-5-7-13;7-5-2-1-4(9)3-6(5)8/h14H,2-9H2,1H3;1-3,9H. The number of likely N-dealkylation sites (N-methyl/N-ethyl adjacent to an activating group) is 1. The highest BCUT2D eigenvalue weighted by molar-refractivity contribution is 6.42. The molecule has 2 N–H and O–H groups in total. The molecule has 2 amide bonds. The van der Waals surface area contributed by atoms with Crippen molar-refractivity contribution in [2.75, 3.05) is 32.8 Å². The lowest BCUT2D eigenvalue weighted by Crippen LogP contribution is -2.45. The Kier molecular flexibility index (Phi) is 9.63. The number of benzene rings is 1. The fourth-order valence-corrected chi connectivity index (χ4v) is 2.66. The number of aromatic hydroxyl groups is 1. The fraction of sp³-hybridized carbons (Fsp3) is 0.529. The molecule has 1 aromatic carbocycles. The molecule has 0 atom stereocenters. The third-order valence-electron chi connectivity index (χ3n) is 3.81. The summed E-state index contributed by atoms with van der Waals surface area (Å²) >= 11 is 11.1. The summed E-state index contributed by atoms with van der Waals surface area (Å²) in [5.74, 6) is -0.263. The summed E-state index contributed by atoms with van der Waals surface area (Å²) in [6.45, 7) is 3.42. The first-order valence-electron chi connectivity index (χ1n) is 8.19. The molecule has 8 heteroatoms. The lowest BCUT2D eigenvalue weighted by atomic mass is 10.1. The number of phenols is 1. The molecule has 0 unspecified atom stereocenters. The van der Waals surface area contributed by atoms with Gasteiger partial charge in [-0.2, -0.15) is 0 Å². The number of aliphatic hydroxyl groups excluding tert-OH is 1. The summed E-state index contributed by atoms with van der Waals surface area (Å²) in [5.41, 5.74) is 0. The van der Waals surface area contributed by atoms with Gasteiger partial charge in [0.1, 0.15) is 12.4 Å². The Balaban J connectivity index is 0.000000293. The second kappa shape index (κ2) is 11.2. The summed E-state index contributed by atoms with van der Waals surface area (Å²) in [4.78, 5) is 26.3. The molecule has 140 valence electrons. The van der Waals surface area contributed by atoms with Crippen LogP contribution in [0.25, 0.3) is 0 Å². The number of hydrogen-bond donors (Lipinski definition) is 2. The molecule has 0 spiro atoms. The normalized spacial score (nSPS) is 13.7. The molecule has 0 aliphatic carbocycles. The lowest BCUT2D eigenvalue weighted by Gasteiger charge is -2.29. The van der Waals surface area contributed by atoms with E-state index in [0.717, 1.165) is 25.9 Å². The third-order valence-corrected chi connectivity index (χ3v) is 4.55. The predicted octanol–water partition coefficient (Wildman–Crippen LogP) is 2.54. The van der Waals surface area contributed by atoms with Crippen LogP contribution in [0, 0.1) is 0 Å². The van der Waals surface area contributed by atoms with Gasteiger partial charge in [0.25, 0.3) is 0 Å². The third kappa shape index (κ3) is 7.50. The van der Waals surface area contributed by atoms with E-state index in [1.54, 1.807) is 17.9 Å². The zero-order chi connectivity index (χ0) is 18.8. The summed E-state index contributed by atoms with van der Waals surface area (Å²) in [6, 6.07) is 4.41. The maximum Gasteiger partial charge on any atom is 0.248 e. The molecule has 0 radical (unpaired) electrons. The van der Waals surface area contributed by atoms with Gasteiger partial charge in [-0.25, -0.2) is 0 Å². The smallest absolute Gasteiger partial charge is 0.248 e. The molecule has 6 nitrogen and oxygen atoms in total. The van der Waals surface area contributed by atoms with Crippen molar-refractivity contribution in [3.05, 3.63) is 28.2 Å². The van der Waals surface area contributed by atoms with Crippen LogP contribution >= 0.6 is 23.2 Å². The van der Waals surface area contributed by atoms with Gasteiger partial charge in [-0.3, -0.25) is 9.59 Å². The van der Waals surface area contributed by atoms with E-state index in [4.69, 9.17) is 33.4 Å². The van der Waals surface area contributed by atoms with Crippen molar-refractivity contribution >= 4 is 35.0 Å². The van der Waals surface area contributed by atoms with Gasteiger partial charge in [0.15, 0.2) is 0 Å². The van der Waals surface area contributed by atoms with Crippen LogP contribution in [0.4, 0.5) is 0 Å². The van der Waals surface area contributed by atoms with Crippen molar-refractivity contribution in [3.8, 4) is 5.75 Å². The van der Waals surface area contributed by atoms with Crippen molar-refractivity contribution in [3.63, 3.8) is 0 Å². The predicted molar refractivity (Wildman–Crippen MR) is 97.9 cm³/mol. The van der Waals surface area contributed by atoms with Crippen LogP contribution in [0.2, 0.25) is 10.0 Å². The van der Waals surface area contributed by atoms with Gasteiger partial charge >= 0.3 is 0 Å². The second-order valence-corrected chi connectivity index (χ2v) is 6.42. The van der Waals surface area contributed by atoms with Crippen LogP contribution in [0.1, 0.15) is 26.2 Å². The molecular weight excluding hydrogens is 367 g/mol. The van der Waals surface area contributed by atoms with E-state index in [2.05, 4.69) is 0 Å². The largest absolute Gasteiger partial charge is 0.508 e. The Morgan fingerprint density at radius 2 is 1.80 bits per heavy atom. The average molecular weight is 391 g/mol. The fourth-order valence-electron chi connectivity index (χ4n) is 2.37. The molecule has 1 fully saturated rings. The van der Waals surface area contributed by atoms with E-state index in [-0.39, 0.29) is 24.1 Å². The maximum atomic E-state index is 11.8. The van der Waals surface area contributed by atoms with Crippen molar-refractivity contribution in [2.45, 2.75) is 26.2 Å².